The number of thiophene rings is 1. The molecule has 0 unspecified atom stereocenters. The van der Waals surface area contributed by atoms with Crippen LogP contribution >= 0.6 is 27.3 Å². The zero-order valence-corrected chi connectivity index (χ0v) is 12.6. The lowest BCUT2D eigenvalue weighted by Crippen LogP contribution is -2.37. The average molecular weight is 339 g/mol. The van der Waals surface area contributed by atoms with Gasteiger partial charge >= 0.3 is 0 Å². The summed E-state index contributed by atoms with van der Waals surface area (Å²) in [6.07, 6.45) is 1.73. The fraction of sp³-hybridized carbons (Fsp3) is 0.600. The van der Waals surface area contributed by atoms with E-state index in [2.05, 4.69) is 21.2 Å². The molecular weight excluding hydrogens is 324 g/mol. The summed E-state index contributed by atoms with van der Waals surface area (Å²) in [5.74, 6) is 0. The molecule has 17 heavy (non-hydrogen) atoms. The van der Waals surface area contributed by atoms with Crippen LogP contribution in [0, 0.1) is 0 Å². The second-order valence-electron chi connectivity index (χ2n) is 3.92. The lowest BCUT2D eigenvalue weighted by molar-refractivity contribution is 0.372. The maximum absolute atomic E-state index is 12.4. The van der Waals surface area contributed by atoms with Crippen molar-refractivity contribution in [3.8, 4) is 0 Å². The average Bonchev–Trinajstić information content (AvgIpc) is 2.64. The lowest BCUT2D eigenvalue weighted by Gasteiger charge is -2.23. The number of sulfonamides is 1. The fourth-order valence-electron chi connectivity index (χ4n) is 1.80. The zero-order valence-electron chi connectivity index (χ0n) is 9.36. The molecule has 96 valence electrons. The predicted octanol–water partition coefficient (Wildman–Crippen LogP) is 1.88. The molecule has 1 N–H and O–H groups in total. The van der Waals surface area contributed by atoms with Crippen molar-refractivity contribution in [1.82, 2.24) is 9.62 Å². The Balaban J connectivity index is 2.18. The van der Waals surface area contributed by atoms with Gasteiger partial charge in [0.25, 0.3) is 10.0 Å². The van der Waals surface area contributed by atoms with Crippen molar-refractivity contribution in [3.05, 3.63) is 15.9 Å². The van der Waals surface area contributed by atoms with Crippen molar-refractivity contribution in [3.63, 3.8) is 0 Å². The molecule has 0 atom stereocenters. The highest BCUT2D eigenvalue weighted by Crippen LogP contribution is 2.28. The first-order chi connectivity index (χ1) is 8.10. The summed E-state index contributed by atoms with van der Waals surface area (Å²) in [5, 5.41) is 3.28. The van der Waals surface area contributed by atoms with Crippen molar-refractivity contribution in [2.45, 2.75) is 17.1 Å². The Kier molecular flexibility index (Phi) is 4.59. The van der Waals surface area contributed by atoms with Crippen molar-refractivity contribution in [2.75, 3.05) is 26.2 Å². The van der Waals surface area contributed by atoms with E-state index in [1.807, 2.05) is 0 Å². The summed E-state index contributed by atoms with van der Waals surface area (Å²) in [7, 11) is -3.29. The van der Waals surface area contributed by atoms with Gasteiger partial charge < -0.3 is 5.32 Å². The van der Waals surface area contributed by atoms with E-state index in [4.69, 9.17) is 0 Å². The van der Waals surface area contributed by atoms with E-state index in [1.54, 1.807) is 16.4 Å². The van der Waals surface area contributed by atoms with E-state index in [0.717, 1.165) is 29.7 Å². The smallest absolute Gasteiger partial charge is 0.252 e. The third kappa shape index (κ3) is 3.29. The molecule has 1 aromatic heterocycles. The molecule has 0 aromatic carbocycles. The van der Waals surface area contributed by atoms with Gasteiger partial charge in [0.15, 0.2) is 0 Å². The SMILES string of the molecule is O=S(=O)(c1ccc(Br)s1)N1CCCNCCC1. The molecule has 0 amide bonds. The summed E-state index contributed by atoms with van der Waals surface area (Å²) in [6, 6.07) is 3.45. The second-order valence-corrected chi connectivity index (χ2v) is 8.55. The Hall–Kier alpha value is 0.0500. The first-order valence-corrected chi connectivity index (χ1v) is 8.62. The molecule has 0 radical (unpaired) electrons. The van der Waals surface area contributed by atoms with Crippen LogP contribution in [0.3, 0.4) is 0 Å². The minimum Gasteiger partial charge on any atom is -0.317 e. The van der Waals surface area contributed by atoms with Gasteiger partial charge in [-0.3, -0.25) is 0 Å². The molecular formula is C10H15BrN2O2S2. The normalized spacial score (nSPS) is 19.8. The maximum Gasteiger partial charge on any atom is 0.252 e. The van der Waals surface area contributed by atoms with Crippen LogP contribution in [-0.4, -0.2) is 38.9 Å². The molecule has 2 heterocycles. The van der Waals surface area contributed by atoms with E-state index in [-0.39, 0.29) is 0 Å². The van der Waals surface area contributed by atoms with Gasteiger partial charge in [0.2, 0.25) is 0 Å². The molecule has 1 aromatic rings. The number of hydrogen-bond donors (Lipinski definition) is 1. The van der Waals surface area contributed by atoms with Gasteiger partial charge in [0.1, 0.15) is 4.21 Å². The summed E-state index contributed by atoms with van der Waals surface area (Å²) in [5.41, 5.74) is 0. The Bertz CT molecular complexity index is 464. The highest BCUT2D eigenvalue weighted by molar-refractivity contribution is 9.11. The molecule has 1 fully saturated rings. The number of halogens is 1. The van der Waals surface area contributed by atoms with E-state index >= 15 is 0 Å². The number of nitrogens with one attached hydrogen (secondary N) is 1. The Morgan fingerprint density at radius 3 is 2.41 bits per heavy atom. The van der Waals surface area contributed by atoms with Gasteiger partial charge in [0.05, 0.1) is 3.79 Å². The largest absolute Gasteiger partial charge is 0.317 e. The van der Waals surface area contributed by atoms with Crippen LogP contribution in [0.1, 0.15) is 12.8 Å². The highest BCUT2D eigenvalue weighted by atomic mass is 79.9. The third-order valence-corrected chi connectivity index (χ3v) is 6.65. The third-order valence-electron chi connectivity index (χ3n) is 2.66. The molecule has 1 saturated heterocycles. The Morgan fingerprint density at radius 1 is 1.24 bits per heavy atom. The van der Waals surface area contributed by atoms with Crippen molar-refractivity contribution < 1.29 is 8.42 Å². The van der Waals surface area contributed by atoms with Crippen LogP contribution in [0.4, 0.5) is 0 Å². The molecule has 2 rings (SSSR count). The molecule has 4 nitrogen and oxygen atoms in total. The van der Waals surface area contributed by atoms with Gasteiger partial charge in [-0.05, 0) is 54.0 Å². The van der Waals surface area contributed by atoms with Crippen LogP contribution in [0.5, 0.6) is 0 Å². The van der Waals surface area contributed by atoms with Gasteiger partial charge in [-0.2, -0.15) is 4.31 Å². The van der Waals surface area contributed by atoms with Crippen molar-refractivity contribution in [1.29, 1.82) is 0 Å². The first-order valence-electron chi connectivity index (χ1n) is 5.57. The fourth-order valence-corrected chi connectivity index (χ4v) is 5.48. The maximum atomic E-state index is 12.4. The summed E-state index contributed by atoms with van der Waals surface area (Å²) in [4.78, 5) is 0. The van der Waals surface area contributed by atoms with Crippen LogP contribution in [-0.2, 0) is 10.0 Å². The van der Waals surface area contributed by atoms with Gasteiger partial charge in [-0.15, -0.1) is 11.3 Å². The number of rotatable bonds is 2. The summed E-state index contributed by atoms with van der Waals surface area (Å²) < 4.78 is 27.6. The first kappa shape index (κ1) is 13.5. The van der Waals surface area contributed by atoms with Crippen LogP contribution in [0.25, 0.3) is 0 Å². The monoisotopic (exact) mass is 338 g/mol. The zero-order chi connectivity index (χ0) is 12.3. The molecule has 0 bridgehead atoms. The highest BCUT2D eigenvalue weighted by Gasteiger charge is 2.25. The molecule has 1 aliphatic heterocycles. The number of hydrogen-bond acceptors (Lipinski definition) is 4. The summed E-state index contributed by atoms with van der Waals surface area (Å²) in [6.45, 7) is 2.98. The van der Waals surface area contributed by atoms with Gasteiger partial charge in [0, 0.05) is 13.1 Å². The van der Waals surface area contributed by atoms with E-state index in [0.29, 0.717) is 17.3 Å². The minimum atomic E-state index is -3.29. The Morgan fingerprint density at radius 2 is 1.88 bits per heavy atom. The molecule has 0 saturated carbocycles. The molecule has 0 aliphatic carbocycles. The lowest BCUT2D eigenvalue weighted by atomic mass is 10.3. The summed E-state index contributed by atoms with van der Waals surface area (Å²) >= 11 is 4.57. The molecule has 1 aliphatic rings. The molecule has 7 heteroatoms. The molecule has 0 spiro atoms. The second kappa shape index (κ2) is 5.79. The van der Waals surface area contributed by atoms with E-state index < -0.39 is 10.0 Å². The standard InChI is InChI=1S/C10H15BrN2O2S2/c11-9-3-4-10(16-9)17(14,15)13-7-1-5-12-6-2-8-13/h3-4,12H,1-2,5-8H2. The minimum absolute atomic E-state index is 0.429. The number of nitrogens with zero attached hydrogens (tertiary/aromatic N) is 1. The Labute approximate surface area is 114 Å². The van der Waals surface area contributed by atoms with E-state index in [1.165, 1.54) is 11.3 Å². The van der Waals surface area contributed by atoms with Crippen LogP contribution in [0.15, 0.2) is 20.1 Å². The van der Waals surface area contributed by atoms with E-state index in [9.17, 15) is 8.42 Å². The van der Waals surface area contributed by atoms with Crippen LogP contribution in [0.2, 0.25) is 0 Å². The van der Waals surface area contributed by atoms with Gasteiger partial charge in [-0.1, -0.05) is 0 Å². The van der Waals surface area contributed by atoms with Crippen molar-refractivity contribution in [2.24, 2.45) is 0 Å². The predicted molar refractivity (Wildman–Crippen MR) is 72.9 cm³/mol. The van der Waals surface area contributed by atoms with Crippen LogP contribution < -0.4 is 5.32 Å². The van der Waals surface area contributed by atoms with Gasteiger partial charge in [-0.25, -0.2) is 8.42 Å². The topological polar surface area (TPSA) is 49.4 Å². The van der Waals surface area contributed by atoms with Crippen molar-refractivity contribution >= 4 is 37.3 Å². The quantitative estimate of drug-likeness (QED) is 0.895.